The van der Waals surface area contributed by atoms with Crippen LogP contribution in [-0.2, 0) is 0 Å². The smallest absolute Gasteiger partial charge is 0.261 e. The molecular formula is C9H8BrN3O. The summed E-state index contributed by atoms with van der Waals surface area (Å²) in [7, 11) is 0. The molecule has 0 bridgehead atoms. The van der Waals surface area contributed by atoms with Gasteiger partial charge in [0.1, 0.15) is 5.65 Å². The van der Waals surface area contributed by atoms with E-state index in [1.165, 1.54) is 19.2 Å². The summed E-state index contributed by atoms with van der Waals surface area (Å²) in [5, 5.41) is 0.652. The van der Waals surface area contributed by atoms with Crippen molar-refractivity contribution in [1.82, 2.24) is 14.5 Å². The minimum atomic E-state index is -0.0822. The number of aromatic amines is 1. The summed E-state index contributed by atoms with van der Waals surface area (Å²) >= 11 is 3.38. The van der Waals surface area contributed by atoms with Crippen molar-refractivity contribution >= 4 is 27.0 Å². The summed E-state index contributed by atoms with van der Waals surface area (Å²) in [6, 6.07) is 0.540. The summed E-state index contributed by atoms with van der Waals surface area (Å²) in [4.78, 5) is 18.3. The van der Waals surface area contributed by atoms with E-state index in [0.29, 0.717) is 11.4 Å². The van der Waals surface area contributed by atoms with E-state index in [9.17, 15) is 4.79 Å². The van der Waals surface area contributed by atoms with Gasteiger partial charge in [-0.05, 0) is 28.8 Å². The lowest BCUT2D eigenvalue weighted by molar-refractivity contribution is 0.764. The quantitative estimate of drug-likeness (QED) is 0.843. The number of nitrogens with one attached hydrogen (secondary N) is 1. The van der Waals surface area contributed by atoms with Crippen LogP contribution in [0.3, 0.4) is 0 Å². The van der Waals surface area contributed by atoms with Gasteiger partial charge in [-0.25, -0.2) is 4.98 Å². The lowest BCUT2D eigenvalue weighted by atomic mass is 10.4. The largest absolute Gasteiger partial charge is 0.328 e. The third-order valence-corrected chi connectivity index (χ3v) is 3.11. The molecule has 14 heavy (non-hydrogen) atoms. The number of halogens is 1. The summed E-state index contributed by atoms with van der Waals surface area (Å²) in [5.74, 6) is 0. The number of aromatic nitrogens is 3. The minimum Gasteiger partial charge on any atom is -0.328 e. The second-order valence-corrected chi connectivity index (χ2v) is 4.40. The number of hydrogen-bond donors (Lipinski definition) is 1. The van der Waals surface area contributed by atoms with Gasteiger partial charge in [-0.2, -0.15) is 0 Å². The molecule has 72 valence electrons. The Labute approximate surface area is 88.1 Å². The minimum absolute atomic E-state index is 0.0822. The van der Waals surface area contributed by atoms with Crippen molar-refractivity contribution in [1.29, 1.82) is 0 Å². The Hall–Kier alpha value is -1.10. The Bertz CT molecular complexity index is 553. The molecule has 0 amide bonds. The van der Waals surface area contributed by atoms with Crippen LogP contribution in [0.5, 0.6) is 0 Å². The molecule has 0 spiro atoms. The average Bonchev–Trinajstić information content (AvgIpc) is 2.93. The molecule has 1 N–H and O–H groups in total. The fourth-order valence-electron chi connectivity index (χ4n) is 1.68. The molecule has 5 heteroatoms. The number of hydrogen-bond acceptors (Lipinski definition) is 2. The van der Waals surface area contributed by atoms with Crippen LogP contribution in [0, 0.1) is 0 Å². The molecule has 0 radical (unpaired) electrons. The lowest BCUT2D eigenvalue weighted by Gasteiger charge is -1.98. The van der Waals surface area contributed by atoms with Crippen molar-refractivity contribution in [2.45, 2.75) is 18.9 Å². The van der Waals surface area contributed by atoms with Gasteiger partial charge in [-0.15, -0.1) is 0 Å². The van der Waals surface area contributed by atoms with Crippen LogP contribution in [0.1, 0.15) is 18.9 Å². The highest BCUT2D eigenvalue weighted by molar-refractivity contribution is 9.10. The topological polar surface area (TPSA) is 50.7 Å². The fraction of sp³-hybridized carbons (Fsp3) is 0.333. The first-order valence-corrected chi connectivity index (χ1v) is 5.30. The molecule has 1 aliphatic rings. The van der Waals surface area contributed by atoms with Crippen LogP contribution in [0.15, 0.2) is 21.8 Å². The van der Waals surface area contributed by atoms with E-state index >= 15 is 0 Å². The highest BCUT2D eigenvalue weighted by Gasteiger charge is 2.26. The summed E-state index contributed by atoms with van der Waals surface area (Å²) in [5.41, 5.74) is 0.699. The Morgan fingerprint density at radius 3 is 3.07 bits per heavy atom. The molecule has 0 aromatic carbocycles. The van der Waals surface area contributed by atoms with Crippen molar-refractivity contribution in [2.24, 2.45) is 0 Å². The molecule has 0 unspecified atom stereocenters. The Morgan fingerprint density at radius 1 is 1.57 bits per heavy atom. The van der Waals surface area contributed by atoms with Gasteiger partial charge in [0.15, 0.2) is 0 Å². The zero-order chi connectivity index (χ0) is 9.71. The van der Waals surface area contributed by atoms with Gasteiger partial charge in [-0.3, -0.25) is 4.79 Å². The maximum Gasteiger partial charge on any atom is 0.261 e. The van der Waals surface area contributed by atoms with Gasteiger partial charge >= 0.3 is 0 Å². The van der Waals surface area contributed by atoms with E-state index in [1.807, 2.05) is 6.20 Å². The zero-order valence-corrected chi connectivity index (χ0v) is 8.91. The standard InChI is InChI=1S/C9H8BrN3O/c10-6-3-13(5-1-2-5)8-7(6)9(14)12-4-11-8/h3-5H,1-2H2,(H,11,12,14). The summed E-state index contributed by atoms with van der Waals surface area (Å²) in [6.07, 6.45) is 5.77. The summed E-state index contributed by atoms with van der Waals surface area (Å²) in [6.45, 7) is 0. The number of H-pyrrole nitrogens is 1. The number of nitrogens with zero attached hydrogens (tertiary/aromatic N) is 2. The first kappa shape index (κ1) is 8.23. The van der Waals surface area contributed by atoms with Crippen LogP contribution in [0.2, 0.25) is 0 Å². The number of fused-ring (bicyclic) bond motifs is 1. The predicted molar refractivity (Wildman–Crippen MR) is 56.3 cm³/mol. The van der Waals surface area contributed by atoms with Gasteiger partial charge in [0.25, 0.3) is 5.56 Å². The van der Waals surface area contributed by atoms with Crippen molar-refractivity contribution in [3.05, 3.63) is 27.4 Å². The molecule has 2 aromatic rings. The van der Waals surface area contributed by atoms with Crippen molar-refractivity contribution in [3.8, 4) is 0 Å². The van der Waals surface area contributed by atoms with Gasteiger partial charge in [0, 0.05) is 12.2 Å². The maximum absolute atomic E-state index is 11.5. The van der Waals surface area contributed by atoms with Crippen LogP contribution in [-0.4, -0.2) is 14.5 Å². The third kappa shape index (κ3) is 1.05. The normalized spacial score (nSPS) is 16.4. The molecule has 4 nitrogen and oxygen atoms in total. The van der Waals surface area contributed by atoms with Crippen LogP contribution in [0.25, 0.3) is 11.0 Å². The molecular weight excluding hydrogens is 246 g/mol. The third-order valence-electron chi connectivity index (χ3n) is 2.51. The Kier molecular flexibility index (Phi) is 1.58. The van der Waals surface area contributed by atoms with E-state index < -0.39 is 0 Å². The van der Waals surface area contributed by atoms with Crippen LogP contribution >= 0.6 is 15.9 Å². The molecule has 0 saturated heterocycles. The first-order valence-electron chi connectivity index (χ1n) is 4.51. The second kappa shape index (κ2) is 2.70. The van der Waals surface area contributed by atoms with Gasteiger partial charge in [-0.1, -0.05) is 0 Å². The molecule has 2 aromatic heterocycles. The fourth-order valence-corrected chi connectivity index (χ4v) is 2.26. The maximum atomic E-state index is 11.5. The monoisotopic (exact) mass is 253 g/mol. The van der Waals surface area contributed by atoms with E-state index in [2.05, 4.69) is 30.5 Å². The molecule has 1 aliphatic carbocycles. The zero-order valence-electron chi connectivity index (χ0n) is 7.33. The lowest BCUT2D eigenvalue weighted by Crippen LogP contribution is -2.06. The van der Waals surface area contributed by atoms with E-state index in [-0.39, 0.29) is 5.56 Å². The molecule has 3 rings (SSSR count). The summed E-state index contributed by atoms with van der Waals surface area (Å²) < 4.78 is 2.91. The molecule has 0 atom stereocenters. The van der Waals surface area contributed by atoms with Crippen molar-refractivity contribution in [2.75, 3.05) is 0 Å². The van der Waals surface area contributed by atoms with Crippen LogP contribution in [0.4, 0.5) is 0 Å². The SMILES string of the molecule is O=c1[nH]cnc2c1c(Br)cn2C1CC1. The van der Waals surface area contributed by atoms with Crippen molar-refractivity contribution in [3.63, 3.8) is 0 Å². The van der Waals surface area contributed by atoms with Gasteiger partial charge in [0.2, 0.25) is 0 Å². The molecule has 0 aliphatic heterocycles. The van der Waals surface area contributed by atoms with E-state index in [4.69, 9.17) is 0 Å². The Balaban J connectivity index is 2.43. The molecule has 1 fully saturated rings. The second-order valence-electron chi connectivity index (χ2n) is 3.55. The van der Waals surface area contributed by atoms with Crippen LogP contribution < -0.4 is 5.56 Å². The molecule has 2 heterocycles. The first-order chi connectivity index (χ1) is 6.77. The van der Waals surface area contributed by atoms with E-state index in [1.54, 1.807) is 0 Å². The van der Waals surface area contributed by atoms with Gasteiger partial charge < -0.3 is 9.55 Å². The van der Waals surface area contributed by atoms with Gasteiger partial charge in [0.05, 0.1) is 16.2 Å². The van der Waals surface area contributed by atoms with E-state index in [0.717, 1.165) is 10.1 Å². The molecule has 1 saturated carbocycles. The van der Waals surface area contributed by atoms with Crippen molar-refractivity contribution < 1.29 is 0 Å². The highest BCUT2D eigenvalue weighted by atomic mass is 79.9. The Morgan fingerprint density at radius 2 is 2.36 bits per heavy atom. The highest BCUT2D eigenvalue weighted by Crippen LogP contribution is 2.38. The average molecular weight is 254 g/mol. The predicted octanol–water partition coefficient (Wildman–Crippen LogP) is 1.82. The number of rotatable bonds is 1.